The number of benzene rings is 2. The van der Waals surface area contributed by atoms with Crippen LogP contribution in [0.2, 0.25) is 0 Å². The normalized spacial score (nSPS) is 10.8. The molecule has 0 saturated carbocycles. The molecular formula is C14H13NO. The SMILES string of the molecule is Cc1cccc(N=Cc2cccc(O)c2)c1. The molecule has 2 aromatic carbocycles. The van der Waals surface area contributed by atoms with Gasteiger partial charge in [-0.15, -0.1) is 0 Å². The van der Waals surface area contributed by atoms with Gasteiger partial charge in [-0.1, -0.05) is 24.3 Å². The highest BCUT2D eigenvalue weighted by atomic mass is 16.3. The van der Waals surface area contributed by atoms with E-state index in [1.165, 1.54) is 5.56 Å². The highest BCUT2D eigenvalue weighted by molar-refractivity contribution is 5.82. The lowest BCUT2D eigenvalue weighted by atomic mass is 10.2. The van der Waals surface area contributed by atoms with Crippen molar-refractivity contribution in [3.05, 3.63) is 59.7 Å². The Kier molecular flexibility index (Phi) is 3.01. The average molecular weight is 211 g/mol. The Bertz CT molecular complexity index is 470. The smallest absolute Gasteiger partial charge is 0.116 e. The summed E-state index contributed by atoms with van der Waals surface area (Å²) in [5.41, 5.74) is 3.00. The molecule has 0 unspecified atom stereocenters. The Labute approximate surface area is 94.9 Å². The van der Waals surface area contributed by atoms with Crippen LogP contribution in [-0.4, -0.2) is 11.3 Å². The van der Waals surface area contributed by atoms with Crippen molar-refractivity contribution in [1.29, 1.82) is 0 Å². The first-order valence-corrected chi connectivity index (χ1v) is 5.14. The topological polar surface area (TPSA) is 32.6 Å². The Morgan fingerprint density at radius 2 is 1.88 bits per heavy atom. The summed E-state index contributed by atoms with van der Waals surface area (Å²) in [4.78, 5) is 4.34. The maximum absolute atomic E-state index is 9.29. The van der Waals surface area contributed by atoms with Crippen LogP contribution in [0.5, 0.6) is 5.75 Å². The van der Waals surface area contributed by atoms with E-state index < -0.39 is 0 Å². The van der Waals surface area contributed by atoms with Gasteiger partial charge in [0, 0.05) is 6.21 Å². The molecule has 0 heterocycles. The standard InChI is InChI=1S/C14H13NO/c1-11-4-2-6-13(8-11)15-10-12-5-3-7-14(16)9-12/h2-10,16H,1H3. The lowest BCUT2D eigenvalue weighted by Gasteiger charge is -1.96. The van der Waals surface area contributed by atoms with Crippen molar-refractivity contribution >= 4 is 11.9 Å². The highest BCUT2D eigenvalue weighted by Crippen LogP contribution is 2.14. The summed E-state index contributed by atoms with van der Waals surface area (Å²) in [5.74, 6) is 0.258. The minimum absolute atomic E-state index is 0.258. The number of aryl methyl sites for hydroxylation is 1. The quantitative estimate of drug-likeness (QED) is 0.758. The summed E-state index contributed by atoms with van der Waals surface area (Å²) in [5, 5.41) is 9.29. The van der Waals surface area contributed by atoms with Gasteiger partial charge in [0.1, 0.15) is 5.75 Å². The maximum Gasteiger partial charge on any atom is 0.116 e. The Hall–Kier alpha value is -2.09. The summed E-state index contributed by atoms with van der Waals surface area (Å²) >= 11 is 0. The van der Waals surface area contributed by atoms with E-state index in [-0.39, 0.29) is 5.75 Å². The van der Waals surface area contributed by atoms with E-state index >= 15 is 0 Å². The Morgan fingerprint density at radius 3 is 2.62 bits per heavy atom. The van der Waals surface area contributed by atoms with Gasteiger partial charge < -0.3 is 5.11 Å². The second kappa shape index (κ2) is 4.62. The van der Waals surface area contributed by atoms with Gasteiger partial charge in [0.05, 0.1) is 5.69 Å². The molecule has 0 aromatic heterocycles. The maximum atomic E-state index is 9.29. The van der Waals surface area contributed by atoms with E-state index in [2.05, 4.69) is 4.99 Å². The molecule has 0 aliphatic heterocycles. The van der Waals surface area contributed by atoms with Crippen molar-refractivity contribution < 1.29 is 5.11 Å². The first kappa shape index (κ1) is 10.4. The van der Waals surface area contributed by atoms with Gasteiger partial charge in [-0.05, 0) is 42.3 Å². The second-order valence-electron chi connectivity index (χ2n) is 3.69. The molecule has 2 nitrogen and oxygen atoms in total. The van der Waals surface area contributed by atoms with Crippen LogP contribution in [0.3, 0.4) is 0 Å². The molecule has 0 fully saturated rings. The summed E-state index contributed by atoms with van der Waals surface area (Å²) in [6.45, 7) is 2.04. The first-order chi connectivity index (χ1) is 7.74. The van der Waals surface area contributed by atoms with E-state index in [4.69, 9.17) is 0 Å². The van der Waals surface area contributed by atoms with Crippen LogP contribution in [0.15, 0.2) is 53.5 Å². The monoisotopic (exact) mass is 211 g/mol. The lowest BCUT2D eigenvalue weighted by Crippen LogP contribution is -1.79. The number of phenolic OH excluding ortho intramolecular Hbond substituents is 1. The molecule has 2 rings (SSSR count). The number of aromatic hydroxyl groups is 1. The first-order valence-electron chi connectivity index (χ1n) is 5.14. The fourth-order valence-corrected chi connectivity index (χ4v) is 1.46. The molecule has 0 aliphatic rings. The molecule has 1 N–H and O–H groups in total. The van der Waals surface area contributed by atoms with E-state index in [1.807, 2.05) is 37.3 Å². The van der Waals surface area contributed by atoms with Crippen LogP contribution in [0.1, 0.15) is 11.1 Å². The molecule has 0 aliphatic carbocycles. The number of rotatable bonds is 2. The molecule has 2 aromatic rings. The minimum atomic E-state index is 0.258. The van der Waals surface area contributed by atoms with Gasteiger partial charge in [-0.2, -0.15) is 0 Å². The van der Waals surface area contributed by atoms with Crippen LogP contribution < -0.4 is 0 Å². The third-order valence-electron chi connectivity index (χ3n) is 2.23. The van der Waals surface area contributed by atoms with Gasteiger partial charge in [0.15, 0.2) is 0 Å². The molecule has 0 saturated heterocycles. The van der Waals surface area contributed by atoms with Gasteiger partial charge in [0.25, 0.3) is 0 Å². The van der Waals surface area contributed by atoms with Crippen LogP contribution >= 0.6 is 0 Å². The fourth-order valence-electron chi connectivity index (χ4n) is 1.46. The van der Waals surface area contributed by atoms with Crippen LogP contribution in [0.4, 0.5) is 5.69 Å². The van der Waals surface area contributed by atoms with Crippen molar-refractivity contribution in [2.45, 2.75) is 6.92 Å². The zero-order valence-corrected chi connectivity index (χ0v) is 9.09. The van der Waals surface area contributed by atoms with E-state index in [0.717, 1.165) is 11.3 Å². The van der Waals surface area contributed by atoms with Gasteiger partial charge in [-0.3, -0.25) is 4.99 Å². The van der Waals surface area contributed by atoms with Gasteiger partial charge in [-0.25, -0.2) is 0 Å². The zero-order valence-electron chi connectivity index (χ0n) is 9.09. The van der Waals surface area contributed by atoms with Crippen molar-refractivity contribution in [3.8, 4) is 5.75 Å². The molecule has 0 spiro atoms. The molecule has 0 radical (unpaired) electrons. The average Bonchev–Trinajstić information content (AvgIpc) is 2.27. The lowest BCUT2D eigenvalue weighted by molar-refractivity contribution is 0.475. The van der Waals surface area contributed by atoms with E-state index in [0.29, 0.717) is 0 Å². The number of aliphatic imine (C=N–C) groups is 1. The fraction of sp³-hybridized carbons (Fsp3) is 0.0714. The van der Waals surface area contributed by atoms with Crippen molar-refractivity contribution in [1.82, 2.24) is 0 Å². The molecule has 0 bridgehead atoms. The highest BCUT2D eigenvalue weighted by Gasteiger charge is 1.91. The number of hydrogen-bond donors (Lipinski definition) is 1. The second-order valence-corrected chi connectivity index (χ2v) is 3.69. The van der Waals surface area contributed by atoms with Gasteiger partial charge >= 0.3 is 0 Å². The van der Waals surface area contributed by atoms with Crippen LogP contribution in [0.25, 0.3) is 0 Å². The Balaban J connectivity index is 2.21. The summed E-state index contributed by atoms with van der Waals surface area (Å²) in [6.07, 6.45) is 1.74. The largest absolute Gasteiger partial charge is 0.508 e. The van der Waals surface area contributed by atoms with Crippen molar-refractivity contribution in [2.24, 2.45) is 4.99 Å². The predicted octanol–water partition coefficient (Wildman–Crippen LogP) is 3.45. The molecule has 0 amide bonds. The molecule has 80 valence electrons. The predicted molar refractivity (Wildman–Crippen MR) is 66.5 cm³/mol. The van der Waals surface area contributed by atoms with Gasteiger partial charge in [0.2, 0.25) is 0 Å². The summed E-state index contributed by atoms with van der Waals surface area (Å²) in [6, 6.07) is 15.0. The zero-order chi connectivity index (χ0) is 11.4. The van der Waals surface area contributed by atoms with Crippen LogP contribution in [0, 0.1) is 6.92 Å². The molecule has 16 heavy (non-hydrogen) atoms. The third-order valence-corrected chi connectivity index (χ3v) is 2.23. The summed E-state index contributed by atoms with van der Waals surface area (Å²) < 4.78 is 0. The third kappa shape index (κ3) is 2.70. The number of hydrogen-bond acceptors (Lipinski definition) is 2. The minimum Gasteiger partial charge on any atom is -0.508 e. The Morgan fingerprint density at radius 1 is 1.06 bits per heavy atom. The van der Waals surface area contributed by atoms with E-state index in [1.54, 1.807) is 24.4 Å². The van der Waals surface area contributed by atoms with E-state index in [9.17, 15) is 5.11 Å². The van der Waals surface area contributed by atoms with Crippen LogP contribution in [-0.2, 0) is 0 Å². The van der Waals surface area contributed by atoms with Crippen molar-refractivity contribution in [3.63, 3.8) is 0 Å². The molecule has 0 atom stereocenters. The van der Waals surface area contributed by atoms with Crippen molar-refractivity contribution in [2.75, 3.05) is 0 Å². The molecular weight excluding hydrogens is 198 g/mol. The molecule has 2 heteroatoms. The summed E-state index contributed by atoms with van der Waals surface area (Å²) in [7, 11) is 0. The number of phenols is 1. The number of nitrogens with zero attached hydrogens (tertiary/aromatic N) is 1.